The molecule has 0 fully saturated rings. The van der Waals surface area contributed by atoms with E-state index >= 15 is 0 Å². The number of hydrogen-bond acceptors (Lipinski definition) is 6. The van der Waals surface area contributed by atoms with E-state index in [4.69, 9.17) is 4.42 Å². The van der Waals surface area contributed by atoms with Gasteiger partial charge in [0.1, 0.15) is 22.8 Å². The highest BCUT2D eigenvalue weighted by atomic mass is 16.3. The Morgan fingerprint density at radius 2 is 1.38 bits per heavy atom. The molecule has 0 saturated carbocycles. The zero-order valence-corrected chi connectivity index (χ0v) is 10.6. The molecule has 0 amide bonds. The number of aromatic hydroxyl groups is 4. The van der Waals surface area contributed by atoms with Crippen LogP contribution in [0.5, 0.6) is 23.0 Å². The van der Waals surface area contributed by atoms with E-state index in [0.717, 1.165) is 18.2 Å². The Labute approximate surface area is 117 Å². The quantitative estimate of drug-likeness (QED) is 0.511. The Hall–Kier alpha value is -3.15. The summed E-state index contributed by atoms with van der Waals surface area (Å²) in [6, 6.07) is 7.20. The summed E-state index contributed by atoms with van der Waals surface area (Å²) < 4.78 is 5.48. The van der Waals surface area contributed by atoms with E-state index in [0.29, 0.717) is 5.56 Å². The first kappa shape index (κ1) is 12.9. The van der Waals surface area contributed by atoms with Gasteiger partial charge in [0.2, 0.25) is 0 Å². The van der Waals surface area contributed by atoms with Crippen molar-refractivity contribution in [1.82, 2.24) is 0 Å². The number of rotatable bonds is 1. The standard InChI is InChI=1S/C15H10O6/c16-8-1-7(2-9(17)3-8)14-5-11(18)10-4-12(19)13(20)6-15(10)21-14/h1-6,16-17,19-20H. The molecule has 106 valence electrons. The number of fused-ring (bicyclic) bond motifs is 1. The molecule has 0 saturated heterocycles. The van der Waals surface area contributed by atoms with E-state index in [1.165, 1.54) is 18.2 Å². The monoisotopic (exact) mass is 286 g/mol. The summed E-state index contributed by atoms with van der Waals surface area (Å²) in [5, 5.41) is 37.9. The van der Waals surface area contributed by atoms with Gasteiger partial charge in [0.15, 0.2) is 16.9 Å². The molecule has 0 bridgehead atoms. The van der Waals surface area contributed by atoms with Crippen LogP contribution in [0.3, 0.4) is 0 Å². The van der Waals surface area contributed by atoms with Crippen molar-refractivity contribution in [3.63, 3.8) is 0 Å². The third kappa shape index (κ3) is 2.23. The Balaban J connectivity index is 2.29. The lowest BCUT2D eigenvalue weighted by Gasteiger charge is -2.06. The fourth-order valence-electron chi connectivity index (χ4n) is 2.06. The summed E-state index contributed by atoms with van der Waals surface area (Å²) in [5.41, 5.74) is -0.0425. The molecule has 0 spiro atoms. The largest absolute Gasteiger partial charge is 0.508 e. The average molecular weight is 286 g/mol. The van der Waals surface area contributed by atoms with Gasteiger partial charge in [-0.3, -0.25) is 4.79 Å². The van der Waals surface area contributed by atoms with Crippen LogP contribution in [0.25, 0.3) is 22.3 Å². The summed E-state index contributed by atoms with van der Waals surface area (Å²) in [4.78, 5) is 12.0. The number of hydrogen-bond donors (Lipinski definition) is 4. The molecule has 0 radical (unpaired) electrons. The van der Waals surface area contributed by atoms with E-state index < -0.39 is 16.9 Å². The summed E-state index contributed by atoms with van der Waals surface area (Å²) in [7, 11) is 0. The molecule has 2 aromatic carbocycles. The lowest BCUT2D eigenvalue weighted by Crippen LogP contribution is -2.00. The zero-order valence-electron chi connectivity index (χ0n) is 10.6. The summed E-state index contributed by atoms with van der Waals surface area (Å²) in [6.45, 7) is 0. The van der Waals surface area contributed by atoms with E-state index in [9.17, 15) is 25.2 Å². The van der Waals surface area contributed by atoms with Gasteiger partial charge in [-0.15, -0.1) is 0 Å². The molecule has 0 aliphatic carbocycles. The molecular formula is C15H10O6. The maximum atomic E-state index is 12.0. The molecule has 21 heavy (non-hydrogen) atoms. The molecule has 0 atom stereocenters. The fraction of sp³-hybridized carbons (Fsp3) is 0. The van der Waals surface area contributed by atoms with Gasteiger partial charge in [0.25, 0.3) is 0 Å². The molecule has 3 rings (SSSR count). The van der Waals surface area contributed by atoms with Gasteiger partial charge in [-0.25, -0.2) is 0 Å². The Bertz CT molecular complexity index is 890. The lowest BCUT2D eigenvalue weighted by molar-refractivity contribution is 0.403. The van der Waals surface area contributed by atoms with Gasteiger partial charge >= 0.3 is 0 Å². The minimum atomic E-state index is -0.426. The van der Waals surface area contributed by atoms with Crippen molar-refractivity contribution >= 4 is 11.0 Å². The normalized spacial score (nSPS) is 10.9. The molecule has 1 aromatic heterocycles. The zero-order chi connectivity index (χ0) is 15.1. The first-order valence-corrected chi connectivity index (χ1v) is 5.97. The van der Waals surface area contributed by atoms with Crippen molar-refractivity contribution in [3.8, 4) is 34.3 Å². The Morgan fingerprint density at radius 3 is 2.05 bits per heavy atom. The highest BCUT2D eigenvalue weighted by Gasteiger charge is 2.11. The lowest BCUT2D eigenvalue weighted by atomic mass is 10.1. The first-order chi connectivity index (χ1) is 9.94. The van der Waals surface area contributed by atoms with Crippen LogP contribution >= 0.6 is 0 Å². The van der Waals surface area contributed by atoms with Gasteiger partial charge in [0.05, 0.1) is 5.39 Å². The third-order valence-corrected chi connectivity index (χ3v) is 3.01. The van der Waals surface area contributed by atoms with Crippen molar-refractivity contribution in [3.05, 3.63) is 46.6 Å². The van der Waals surface area contributed by atoms with Crippen LogP contribution in [-0.2, 0) is 0 Å². The third-order valence-electron chi connectivity index (χ3n) is 3.01. The second-order valence-electron chi connectivity index (χ2n) is 4.55. The van der Waals surface area contributed by atoms with Crippen LogP contribution in [0.2, 0.25) is 0 Å². The molecule has 1 heterocycles. The molecular weight excluding hydrogens is 276 g/mol. The average Bonchev–Trinajstić information content (AvgIpc) is 2.40. The highest BCUT2D eigenvalue weighted by Crippen LogP contribution is 2.32. The smallest absolute Gasteiger partial charge is 0.193 e. The summed E-state index contributed by atoms with van der Waals surface area (Å²) in [5.74, 6) is -1.08. The molecule has 6 nitrogen and oxygen atoms in total. The predicted octanol–water partition coefficient (Wildman–Crippen LogP) is 2.28. The van der Waals surface area contributed by atoms with Gasteiger partial charge < -0.3 is 24.8 Å². The van der Waals surface area contributed by atoms with Crippen molar-refractivity contribution in [1.29, 1.82) is 0 Å². The topological polar surface area (TPSA) is 111 Å². The molecule has 0 aliphatic heterocycles. The van der Waals surface area contributed by atoms with Crippen molar-refractivity contribution in [2.24, 2.45) is 0 Å². The minimum absolute atomic E-state index is 0.0793. The highest BCUT2D eigenvalue weighted by molar-refractivity contribution is 5.82. The Morgan fingerprint density at radius 1 is 0.762 bits per heavy atom. The molecule has 0 unspecified atom stereocenters. The fourth-order valence-corrected chi connectivity index (χ4v) is 2.06. The van der Waals surface area contributed by atoms with E-state index in [1.807, 2.05) is 0 Å². The molecule has 4 N–H and O–H groups in total. The minimum Gasteiger partial charge on any atom is -0.508 e. The van der Waals surface area contributed by atoms with Crippen LogP contribution in [-0.4, -0.2) is 20.4 Å². The second-order valence-corrected chi connectivity index (χ2v) is 4.55. The molecule has 0 aliphatic rings. The van der Waals surface area contributed by atoms with Gasteiger partial charge in [0, 0.05) is 23.8 Å². The van der Waals surface area contributed by atoms with Crippen molar-refractivity contribution in [2.45, 2.75) is 0 Å². The first-order valence-electron chi connectivity index (χ1n) is 5.97. The van der Waals surface area contributed by atoms with Crippen LogP contribution in [0, 0.1) is 0 Å². The van der Waals surface area contributed by atoms with Crippen molar-refractivity contribution in [2.75, 3.05) is 0 Å². The summed E-state index contributed by atoms with van der Waals surface area (Å²) in [6.07, 6.45) is 0. The second kappa shape index (κ2) is 4.45. The van der Waals surface area contributed by atoms with Crippen LogP contribution in [0.1, 0.15) is 0 Å². The Kier molecular flexibility index (Phi) is 2.72. The van der Waals surface area contributed by atoms with Gasteiger partial charge in [-0.2, -0.15) is 0 Å². The van der Waals surface area contributed by atoms with Crippen molar-refractivity contribution < 1.29 is 24.8 Å². The number of benzene rings is 2. The van der Waals surface area contributed by atoms with Gasteiger partial charge in [-0.05, 0) is 18.2 Å². The van der Waals surface area contributed by atoms with Gasteiger partial charge in [-0.1, -0.05) is 0 Å². The van der Waals surface area contributed by atoms with E-state index in [2.05, 4.69) is 0 Å². The predicted molar refractivity (Wildman–Crippen MR) is 74.6 cm³/mol. The maximum Gasteiger partial charge on any atom is 0.193 e. The molecule has 6 heteroatoms. The number of phenolic OH excluding ortho intramolecular Hbond substituents is 4. The maximum absolute atomic E-state index is 12.0. The van der Waals surface area contributed by atoms with Crippen LogP contribution in [0.4, 0.5) is 0 Å². The summed E-state index contributed by atoms with van der Waals surface area (Å²) >= 11 is 0. The SMILES string of the molecule is O=c1cc(-c2cc(O)cc(O)c2)oc2cc(O)c(O)cc12. The van der Waals surface area contributed by atoms with E-state index in [1.54, 1.807) is 0 Å². The number of phenols is 4. The molecule has 3 aromatic rings. The van der Waals surface area contributed by atoms with Crippen LogP contribution in [0.15, 0.2) is 45.6 Å². The van der Waals surface area contributed by atoms with Crippen LogP contribution < -0.4 is 5.43 Å². The van der Waals surface area contributed by atoms with E-state index in [-0.39, 0.29) is 28.2 Å².